The molecule has 0 unspecified atom stereocenters. The van der Waals surface area contributed by atoms with Gasteiger partial charge < -0.3 is 19.3 Å². The quantitative estimate of drug-likeness (QED) is 0.122. The van der Waals surface area contributed by atoms with Crippen molar-refractivity contribution in [3.8, 4) is 11.5 Å². The molecule has 0 saturated heterocycles. The first-order valence-corrected chi connectivity index (χ1v) is 15.1. The minimum Gasteiger partial charge on any atom is -0.497 e. The number of rotatable bonds is 13. The van der Waals surface area contributed by atoms with E-state index >= 15 is 0 Å². The molecule has 1 amide bonds. The first-order chi connectivity index (χ1) is 21.8. The van der Waals surface area contributed by atoms with Crippen molar-refractivity contribution in [2.24, 2.45) is 4.99 Å². The molecule has 234 valence electrons. The Kier molecular flexibility index (Phi) is 10.4. The predicted molar refractivity (Wildman–Crippen MR) is 169 cm³/mol. The predicted octanol–water partition coefficient (Wildman–Crippen LogP) is 5.82. The molecule has 4 aromatic carbocycles. The van der Waals surface area contributed by atoms with Gasteiger partial charge in [-0.15, -0.1) is 0 Å². The van der Waals surface area contributed by atoms with Gasteiger partial charge in [0, 0.05) is 41.6 Å². The van der Waals surface area contributed by atoms with Gasteiger partial charge in [-0.05, 0) is 71.8 Å². The van der Waals surface area contributed by atoms with E-state index in [1.54, 1.807) is 49.6 Å². The number of amides is 1. The van der Waals surface area contributed by atoms with Gasteiger partial charge in [-0.25, -0.2) is 19.2 Å². The molecule has 0 bridgehead atoms. The summed E-state index contributed by atoms with van der Waals surface area (Å²) < 4.78 is 46.5. The van der Waals surface area contributed by atoms with Crippen LogP contribution in [0.1, 0.15) is 34.8 Å². The Morgan fingerprint density at radius 2 is 1.80 bits per heavy atom. The van der Waals surface area contributed by atoms with Crippen LogP contribution < -0.4 is 20.3 Å². The van der Waals surface area contributed by atoms with Crippen LogP contribution in [0.4, 0.5) is 8.78 Å². The lowest BCUT2D eigenvalue weighted by atomic mass is 9.82. The maximum atomic E-state index is 14.3. The van der Waals surface area contributed by atoms with Crippen LogP contribution in [0.3, 0.4) is 0 Å². The molecule has 1 heterocycles. The number of nitrogens with zero attached hydrogens (tertiary/aromatic N) is 1. The zero-order valence-corrected chi connectivity index (χ0v) is 26.0. The monoisotopic (exact) mass is 679 g/mol. The van der Waals surface area contributed by atoms with Gasteiger partial charge in [0.25, 0.3) is 5.91 Å². The van der Waals surface area contributed by atoms with Gasteiger partial charge in [-0.3, -0.25) is 10.2 Å². The second-order valence-electron chi connectivity index (χ2n) is 10.4. The van der Waals surface area contributed by atoms with Gasteiger partial charge >= 0.3 is 0 Å². The summed E-state index contributed by atoms with van der Waals surface area (Å²) in [6.45, 7) is 0.231. The largest absolute Gasteiger partial charge is 0.497 e. The highest BCUT2D eigenvalue weighted by atomic mass is 79.9. The Labute approximate surface area is 268 Å². The van der Waals surface area contributed by atoms with Crippen LogP contribution in [0.5, 0.6) is 11.5 Å². The highest BCUT2D eigenvalue weighted by molar-refractivity contribution is 9.10. The Balaban J connectivity index is 1.54. The lowest BCUT2D eigenvalue weighted by Crippen LogP contribution is -2.53. The van der Waals surface area contributed by atoms with Crippen molar-refractivity contribution >= 4 is 27.7 Å². The fourth-order valence-electron chi connectivity index (χ4n) is 5.03. The lowest BCUT2D eigenvalue weighted by molar-refractivity contribution is -0.130. The molecule has 1 aliphatic rings. The number of hydrogen-bond acceptors (Lipinski definition) is 7. The van der Waals surface area contributed by atoms with Crippen molar-refractivity contribution in [2.75, 3.05) is 20.3 Å². The Hall–Kier alpha value is -4.32. The summed E-state index contributed by atoms with van der Waals surface area (Å²) in [5, 5.41) is 9.04. The van der Waals surface area contributed by atoms with Crippen LogP contribution in [0.2, 0.25) is 0 Å². The van der Waals surface area contributed by atoms with Gasteiger partial charge in [0.15, 0.2) is 11.6 Å². The molecule has 0 aliphatic carbocycles. The molecule has 5 rings (SSSR count). The molecule has 0 radical (unpaired) electrons. The maximum absolute atomic E-state index is 14.3. The normalized spacial score (nSPS) is 17.4. The summed E-state index contributed by atoms with van der Waals surface area (Å²) in [7, 11) is 1.55. The zero-order valence-electron chi connectivity index (χ0n) is 24.4. The highest BCUT2D eigenvalue weighted by Gasteiger charge is 2.53. The fourth-order valence-corrected chi connectivity index (χ4v) is 5.45. The van der Waals surface area contributed by atoms with Crippen LogP contribution in [0.15, 0.2) is 100 Å². The number of nitrogens with one attached hydrogen (secondary N) is 2. The number of aliphatic imine (C=N–C) groups is 1. The second kappa shape index (κ2) is 14.6. The summed E-state index contributed by atoms with van der Waals surface area (Å²) in [5.41, 5.74) is 6.01. The van der Waals surface area contributed by atoms with E-state index in [-0.39, 0.29) is 31.0 Å². The third kappa shape index (κ3) is 7.50. The average molecular weight is 681 g/mol. The molecule has 4 aromatic rings. The van der Waals surface area contributed by atoms with Crippen LogP contribution in [0, 0.1) is 11.6 Å². The third-order valence-electron chi connectivity index (χ3n) is 7.33. The first-order valence-electron chi connectivity index (χ1n) is 14.3. The molecular formula is C34H32BrF2N3O5. The van der Waals surface area contributed by atoms with E-state index in [0.717, 1.165) is 28.2 Å². The van der Waals surface area contributed by atoms with Crippen molar-refractivity contribution in [1.29, 1.82) is 0 Å². The Bertz CT molecular complexity index is 1670. The lowest BCUT2D eigenvalue weighted by Gasteiger charge is -2.31. The number of aliphatic hydroxyl groups excluding tert-OH is 1. The van der Waals surface area contributed by atoms with E-state index in [0.29, 0.717) is 35.7 Å². The van der Waals surface area contributed by atoms with Crippen LogP contribution in [-0.2, 0) is 22.5 Å². The van der Waals surface area contributed by atoms with Gasteiger partial charge in [-0.1, -0.05) is 46.3 Å². The van der Waals surface area contributed by atoms with E-state index in [2.05, 4.69) is 26.8 Å². The van der Waals surface area contributed by atoms with Crippen molar-refractivity contribution < 1.29 is 32.9 Å². The topological polar surface area (TPSA) is 101 Å². The van der Waals surface area contributed by atoms with Crippen molar-refractivity contribution in [2.45, 2.75) is 31.0 Å². The van der Waals surface area contributed by atoms with Crippen molar-refractivity contribution in [1.82, 2.24) is 10.9 Å². The van der Waals surface area contributed by atoms with E-state index in [9.17, 15) is 13.6 Å². The van der Waals surface area contributed by atoms with E-state index < -0.39 is 29.2 Å². The molecule has 2 atom stereocenters. The number of methoxy groups -OCH3 is 1. The van der Waals surface area contributed by atoms with Gasteiger partial charge in [0.05, 0.1) is 13.7 Å². The van der Waals surface area contributed by atoms with E-state index in [1.807, 2.05) is 30.3 Å². The van der Waals surface area contributed by atoms with Crippen LogP contribution >= 0.6 is 15.9 Å². The Morgan fingerprint density at radius 3 is 2.56 bits per heavy atom. The van der Waals surface area contributed by atoms with Crippen LogP contribution in [0.25, 0.3) is 0 Å². The number of halogens is 3. The van der Waals surface area contributed by atoms with Gasteiger partial charge in [-0.2, -0.15) is 0 Å². The minimum absolute atomic E-state index is 0.0299. The smallest absolute Gasteiger partial charge is 0.266 e. The van der Waals surface area contributed by atoms with Gasteiger partial charge in [0.1, 0.15) is 23.1 Å². The summed E-state index contributed by atoms with van der Waals surface area (Å²) >= 11 is 3.60. The summed E-state index contributed by atoms with van der Waals surface area (Å²) in [6, 6.07) is 25.0. The van der Waals surface area contributed by atoms with Crippen molar-refractivity contribution in [3.63, 3.8) is 0 Å². The number of ether oxygens (including phenoxy) is 3. The molecule has 1 aliphatic heterocycles. The molecule has 8 nitrogen and oxygen atoms in total. The maximum Gasteiger partial charge on any atom is 0.266 e. The third-order valence-corrected chi connectivity index (χ3v) is 8.11. The molecule has 0 spiro atoms. The number of carbonyl (C=O) groups excluding carboxylic acids is 1. The number of aliphatic hydroxyl groups is 1. The molecular weight excluding hydrogens is 648 g/mol. The summed E-state index contributed by atoms with van der Waals surface area (Å²) in [5.74, 6) is -0.315. The first kappa shape index (κ1) is 32.1. The second-order valence-corrected chi connectivity index (χ2v) is 11.2. The average Bonchev–Trinajstić information content (AvgIpc) is 3.44. The number of benzene rings is 4. The molecule has 0 fully saturated rings. The van der Waals surface area contributed by atoms with Crippen LogP contribution in [-0.4, -0.2) is 42.8 Å². The number of carbonyl (C=O) groups is 1. The molecule has 3 N–H and O–H groups in total. The summed E-state index contributed by atoms with van der Waals surface area (Å²) in [6.07, 6.45) is -0.265. The van der Waals surface area contributed by atoms with Gasteiger partial charge in [0.2, 0.25) is 5.90 Å². The highest BCUT2D eigenvalue weighted by Crippen LogP contribution is 2.44. The zero-order chi connectivity index (χ0) is 31.8. The van der Waals surface area contributed by atoms with Crippen molar-refractivity contribution in [3.05, 3.63) is 129 Å². The number of hydrogen-bond donors (Lipinski definition) is 3. The minimum atomic E-state index is -1.55. The van der Waals surface area contributed by atoms with E-state index in [1.165, 1.54) is 0 Å². The molecule has 11 heteroatoms. The molecule has 0 aromatic heterocycles. The Morgan fingerprint density at radius 1 is 1.00 bits per heavy atom. The molecule has 45 heavy (non-hydrogen) atoms. The standard InChI is InChI=1S/C34H32BrF2N3O5/c1-43-28-8-4-7-23(19-28)31-34(20-24-6-2-3-9-29(24)35,33(42)40-38-21-25-18-26(36)12-15-30(25)37)39-32(45-31)22-10-13-27(14-11-22)44-17-5-16-41/h2-4,6-15,18-19,31,38,41H,5,16-17,20-21H2,1H3,(H,40,42)/t31-,34-/m0/s1. The number of hydrazine groups is 1. The SMILES string of the molecule is COc1cccc([C@@H]2OC(c3ccc(OCCCO)cc3)=N[C@]2(Cc2ccccc2Br)C(=O)NNCc2cc(F)ccc2F)c1. The fraction of sp³-hybridized carbons (Fsp3) is 0.235. The summed E-state index contributed by atoms with van der Waals surface area (Å²) in [4.78, 5) is 19.3. The molecule has 0 saturated carbocycles. The van der Waals surface area contributed by atoms with E-state index in [4.69, 9.17) is 24.3 Å².